The lowest BCUT2D eigenvalue weighted by atomic mass is 9.76. The van der Waals surface area contributed by atoms with Crippen molar-refractivity contribution < 1.29 is 26.9 Å². The highest BCUT2D eigenvalue weighted by Gasteiger charge is 2.55. The Bertz CT molecular complexity index is 373. The summed E-state index contributed by atoms with van der Waals surface area (Å²) in [5.74, 6) is 1.06. The molecule has 0 saturated carbocycles. The second kappa shape index (κ2) is 4.92. The minimum atomic E-state index is -4.20. The van der Waals surface area contributed by atoms with Crippen LogP contribution >= 0.6 is 30.6 Å². The molecule has 4 unspecified atom stereocenters. The Labute approximate surface area is 114 Å². The van der Waals surface area contributed by atoms with Gasteiger partial charge in [0.2, 0.25) is 0 Å². The van der Waals surface area contributed by atoms with Gasteiger partial charge in [-0.05, 0) is 11.9 Å². The van der Waals surface area contributed by atoms with Crippen LogP contribution in [0.15, 0.2) is 11.9 Å². The maximum absolute atomic E-state index is 10.9. The number of hydrogen-bond acceptors (Lipinski definition) is 4. The first kappa shape index (κ1) is 14.0. The van der Waals surface area contributed by atoms with Gasteiger partial charge in [-0.3, -0.25) is 4.57 Å². The summed E-state index contributed by atoms with van der Waals surface area (Å²) in [5.41, 5.74) is -0.876. The van der Waals surface area contributed by atoms with Crippen molar-refractivity contribution in [2.75, 3.05) is 13.2 Å². The van der Waals surface area contributed by atoms with Crippen LogP contribution in [-0.4, -0.2) is 48.7 Å². The van der Waals surface area contributed by atoms with Crippen molar-refractivity contribution in [3.05, 3.63) is 11.9 Å². The van der Waals surface area contributed by atoms with E-state index in [0.717, 1.165) is 5.82 Å². The lowest BCUT2D eigenvalue weighted by molar-refractivity contribution is -0.0773. The Hall–Kier alpha value is 0.565. The van der Waals surface area contributed by atoms with Crippen LogP contribution in [0.2, 0.25) is 5.82 Å². The Morgan fingerprint density at radius 1 is 1.59 bits per heavy atom. The molecule has 2 N–H and O–H groups in total. The first-order valence-corrected chi connectivity index (χ1v) is 7.73. The molecule has 6 nitrogen and oxygen atoms in total. The molecule has 0 amide bonds. The van der Waals surface area contributed by atoms with Crippen molar-refractivity contribution in [1.29, 1.82) is 0 Å². The van der Waals surface area contributed by atoms with Gasteiger partial charge in [-0.15, -0.1) is 0 Å². The van der Waals surface area contributed by atoms with Gasteiger partial charge in [-0.25, -0.2) is 0 Å². The molecule has 2 fully saturated rings. The zero-order valence-corrected chi connectivity index (χ0v) is 12.2. The van der Waals surface area contributed by atoms with E-state index in [2.05, 4.69) is 0 Å². The summed E-state index contributed by atoms with van der Waals surface area (Å²) < 4.78 is 27.5. The standard InChI is InChI=1S/C8H13BIO6P/c9-5-3-15-8(1-2-17(11,12)13)4-14-6(5)7(8)16-10/h1-2,5-7H,3-4,9H2,(H2,11,12,13)/b2-1+. The van der Waals surface area contributed by atoms with Gasteiger partial charge >= 0.3 is 7.60 Å². The van der Waals surface area contributed by atoms with Crippen molar-refractivity contribution in [1.82, 2.24) is 0 Å². The van der Waals surface area contributed by atoms with Gasteiger partial charge in [0, 0.05) is 12.4 Å². The smallest absolute Gasteiger partial charge is 0.348 e. The van der Waals surface area contributed by atoms with Crippen LogP contribution in [-0.2, 0) is 17.1 Å². The van der Waals surface area contributed by atoms with E-state index in [1.54, 1.807) is 23.0 Å². The van der Waals surface area contributed by atoms with Crippen molar-refractivity contribution in [2.45, 2.75) is 23.6 Å². The Morgan fingerprint density at radius 2 is 2.29 bits per heavy atom. The van der Waals surface area contributed by atoms with Crippen molar-refractivity contribution in [3.8, 4) is 0 Å². The molecular formula is C8H13BIO6P. The lowest BCUT2D eigenvalue weighted by Gasteiger charge is -2.38. The third kappa shape index (κ3) is 2.78. The van der Waals surface area contributed by atoms with Crippen LogP contribution in [0.4, 0.5) is 0 Å². The minimum Gasteiger partial charge on any atom is -0.372 e. The number of fused-ring (bicyclic) bond motifs is 2. The maximum atomic E-state index is 10.9. The molecule has 0 aromatic carbocycles. The van der Waals surface area contributed by atoms with Crippen LogP contribution in [0.5, 0.6) is 0 Å². The third-order valence-electron chi connectivity index (χ3n) is 3.10. The zero-order valence-electron chi connectivity index (χ0n) is 9.15. The van der Waals surface area contributed by atoms with Crippen molar-refractivity contribution in [2.24, 2.45) is 0 Å². The van der Waals surface area contributed by atoms with Crippen LogP contribution < -0.4 is 0 Å². The molecule has 0 radical (unpaired) electrons. The highest BCUT2D eigenvalue weighted by atomic mass is 127. The summed E-state index contributed by atoms with van der Waals surface area (Å²) in [5, 5.41) is 0. The molecule has 9 heteroatoms. The largest absolute Gasteiger partial charge is 0.372 e. The van der Waals surface area contributed by atoms with Gasteiger partial charge in [0.1, 0.15) is 42.6 Å². The summed E-state index contributed by atoms with van der Waals surface area (Å²) in [6, 6.07) is 0. The number of halogens is 1. The fraction of sp³-hybridized carbons (Fsp3) is 0.750. The highest BCUT2D eigenvalue weighted by Crippen LogP contribution is 2.45. The lowest BCUT2D eigenvalue weighted by Crippen LogP contribution is -2.51. The predicted octanol–water partition coefficient (Wildman–Crippen LogP) is 0.00240. The molecule has 17 heavy (non-hydrogen) atoms. The number of ether oxygens (including phenoxy) is 2. The zero-order chi connectivity index (χ0) is 12.7. The summed E-state index contributed by atoms with van der Waals surface area (Å²) in [4.78, 5) is 17.7. The quantitative estimate of drug-likeness (QED) is 0.411. The van der Waals surface area contributed by atoms with E-state index < -0.39 is 13.2 Å². The van der Waals surface area contributed by atoms with Gasteiger partial charge in [-0.1, -0.05) is 0 Å². The van der Waals surface area contributed by atoms with Crippen molar-refractivity contribution in [3.63, 3.8) is 0 Å². The Kier molecular flexibility index (Phi) is 4.05. The summed E-state index contributed by atoms with van der Waals surface area (Å²) in [7, 11) is -2.20. The molecule has 2 saturated heterocycles. The second-order valence-electron chi connectivity index (χ2n) is 4.43. The molecule has 0 aliphatic carbocycles. The summed E-state index contributed by atoms with van der Waals surface area (Å²) >= 11 is 1.77. The monoisotopic (exact) mass is 374 g/mol. The first-order chi connectivity index (χ1) is 7.88. The molecular weight excluding hydrogens is 361 g/mol. The van der Waals surface area contributed by atoms with E-state index >= 15 is 0 Å². The summed E-state index contributed by atoms with van der Waals surface area (Å²) in [6.07, 6.45) is 0.944. The average Bonchev–Trinajstić information content (AvgIpc) is 2.53. The second-order valence-corrected chi connectivity index (χ2v) is 6.42. The number of rotatable bonds is 3. The van der Waals surface area contributed by atoms with E-state index in [-0.39, 0.29) is 24.6 Å². The molecule has 0 spiro atoms. The molecule has 0 aromatic rings. The van der Waals surface area contributed by atoms with Crippen LogP contribution in [0.3, 0.4) is 0 Å². The van der Waals surface area contributed by atoms with E-state index in [0.29, 0.717) is 6.61 Å². The first-order valence-electron chi connectivity index (χ1n) is 5.16. The van der Waals surface area contributed by atoms with Gasteiger partial charge < -0.3 is 22.3 Å². The molecule has 96 valence electrons. The topological polar surface area (TPSA) is 85.2 Å². The minimum absolute atomic E-state index is 0.0953. The maximum Gasteiger partial charge on any atom is 0.348 e. The van der Waals surface area contributed by atoms with Gasteiger partial charge in [0.25, 0.3) is 0 Å². The van der Waals surface area contributed by atoms with Crippen molar-refractivity contribution >= 4 is 38.4 Å². The molecule has 2 aliphatic rings. The normalized spacial score (nSPS) is 42.2. The van der Waals surface area contributed by atoms with Crippen LogP contribution in [0, 0.1) is 0 Å². The third-order valence-corrected chi connectivity index (χ3v) is 4.19. The molecule has 2 bridgehead atoms. The SMILES string of the molecule is BC1COC2(/C=C/P(=O)(O)O)COC1C2OI. The molecule has 2 heterocycles. The average molecular weight is 374 g/mol. The predicted molar refractivity (Wildman–Crippen MR) is 70.8 cm³/mol. The van der Waals surface area contributed by atoms with E-state index in [4.69, 9.17) is 22.3 Å². The van der Waals surface area contributed by atoms with Crippen LogP contribution in [0.1, 0.15) is 0 Å². The molecule has 2 aliphatic heterocycles. The van der Waals surface area contributed by atoms with Gasteiger partial charge in [0.05, 0.1) is 12.7 Å². The summed E-state index contributed by atoms with van der Waals surface area (Å²) in [6.45, 7) is 0.749. The van der Waals surface area contributed by atoms with E-state index in [1.165, 1.54) is 6.08 Å². The molecule has 4 atom stereocenters. The van der Waals surface area contributed by atoms with E-state index in [1.807, 2.05) is 7.85 Å². The highest BCUT2D eigenvalue weighted by molar-refractivity contribution is 14.1. The fourth-order valence-corrected chi connectivity index (χ4v) is 3.35. The number of hydrogen-bond donors (Lipinski definition) is 2. The van der Waals surface area contributed by atoms with Gasteiger partial charge in [0.15, 0.2) is 0 Å². The van der Waals surface area contributed by atoms with E-state index in [9.17, 15) is 4.57 Å². The Balaban J connectivity index is 2.25. The van der Waals surface area contributed by atoms with Crippen LogP contribution in [0.25, 0.3) is 0 Å². The molecule has 2 rings (SSSR count). The molecule has 0 aromatic heterocycles. The Morgan fingerprint density at radius 3 is 2.88 bits per heavy atom. The fourth-order valence-electron chi connectivity index (χ4n) is 2.18. The van der Waals surface area contributed by atoms with Gasteiger partial charge in [-0.2, -0.15) is 0 Å².